The fourth-order valence-electron chi connectivity index (χ4n) is 1.31. The Morgan fingerprint density at radius 2 is 1.78 bits per heavy atom. The molecule has 18 heavy (non-hydrogen) atoms. The summed E-state index contributed by atoms with van der Waals surface area (Å²) >= 11 is 0. The van der Waals surface area contributed by atoms with Crippen molar-refractivity contribution >= 4 is 20.0 Å². The van der Waals surface area contributed by atoms with E-state index >= 15 is 0 Å². The first-order chi connectivity index (χ1) is 8.30. The van der Waals surface area contributed by atoms with E-state index in [1.165, 1.54) is 31.2 Å². The summed E-state index contributed by atoms with van der Waals surface area (Å²) in [7, 11) is -7.01. The van der Waals surface area contributed by atoms with Gasteiger partial charge in [-0.05, 0) is 25.5 Å². The van der Waals surface area contributed by atoms with Gasteiger partial charge in [-0.25, -0.2) is 8.42 Å². The molecule has 0 saturated heterocycles. The molecule has 0 aromatic heterocycles. The predicted molar refractivity (Wildman–Crippen MR) is 68.9 cm³/mol. The summed E-state index contributed by atoms with van der Waals surface area (Å²) in [6.45, 7) is 3.21. The maximum absolute atomic E-state index is 11.8. The molecule has 1 aromatic rings. The predicted octanol–water partition coefficient (Wildman–Crippen LogP) is 1.60. The summed E-state index contributed by atoms with van der Waals surface area (Å²) in [5, 5.41) is 0. The van der Waals surface area contributed by atoms with Crippen molar-refractivity contribution in [3.8, 4) is 5.75 Å². The van der Waals surface area contributed by atoms with E-state index in [-0.39, 0.29) is 22.2 Å². The Kier molecular flexibility index (Phi) is 4.75. The third-order valence-electron chi connectivity index (χ3n) is 2.21. The Morgan fingerprint density at radius 3 is 2.33 bits per heavy atom. The van der Waals surface area contributed by atoms with Crippen LogP contribution in [0.25, 0.3) is 0 Å². The molecule has 0 unspecified atom stereocenters. The van der Waals surface area contributed by atoms with Gasteiger partial charge < -0.3 is 4.18 Å². The average molecular weight is 292 g/mol. The minimum absolute atomic E-state index is 0.0222. The zero-order valence-electron chi connectivity index (χ0n) is 10.3. The van der Waals surface area contributed by atoms with E-state index < -0.39 is 20.0 Å². The molecule has 0 N–H and O–H groups in total. The molecule has 5 nitrogen and oxygen atoms in total. The summed E-state index contributed by atoms with van der Waals surface area (Å²) in [6.07, 6.45) is 0.501. The topological polar surface area (TPSA) is 77.5 Å². The van der Waals surface area contributed by atoms with E-state index in [0.717, 1.165) is 0 Å². The van der Waals surface area contributed by atoms with E-state index in [1.54, 1.807) is 6.92 Å². The quantitative estimate of drug-likeness (QED) is 0.744. The third-order valence-corrected chi connectivity index (χ3v) is 5.29. The van der Waals surface area contributed by atoms with Gasteiger partial charge in [-0.2, -0.15) is 8.42 Å². The molecule has 0 aliphatic rings. The van der Waals surface area contributed by atoms with Gasteiger partial charge in [-0.3, -0.25) is 0 Å². The number of rotatable bonds is 6. The molecular formula is C11H16O5S2. The van der Waals surface area contributed by atoms with Crippen LogP contribution in [0.4, 0.5) is 0 Å². The summed E-state index contributed by atoms with van der Waals surface area (Å²) < 4.78 is 51.0. The van der Waals surface area contributed by atoms with Crippen LogP contribution in [0, 0.1) is 0 Å². The lowest BCUT2D eigenvalue weighted by Crippen LogP contribution is -2.12. The molecule has 0 radical (unpaired) electrons. The summed E-state index contributed by atoms with van der Waals surface area (Å²) in [5.74, 6) is -0.121. The first-order valence-corrected chi connectivity index (χ1v) is 8.78. The van der Waals surface area contributed by atoms with Gasteiger partial charge >= 0.3 is 10.1 Å². The Balaban J connectivity index is 3.08. The molecule has 0 spiro atoms. The first kappa shape index (κ1) is 15.0. The van der Waals surface area contributed by atoms with Crippen LogP contribution in [0.2, 0.25) is 0 Å². The zero-order valence-corrected chi connectivity index (χ0v) is 11.9. The van der Waals surface area contributed by atoms with Crippen molar-refractivity contribution in [3.63, 3.8) is 0 Å². The van der Waals surface area contributed by atoms with Gasteiger partial charge in [0.05, 0.1) is 16.4 Å². The molecule has 1 aromatic carbocycles. The molecule has 0 saturated carbocycles. The number of hydrogen-bond donors (Lipinski definition) is 0. The van der Waals surface area contributed by atoms with Crippen LogP contribution < -0.4 is 4.18 Å². The van der Waals surface area contributed by atoms with Crippen molar-refractivity contribution < 1.29 is 21.0 Å². The average Bonchev–Trinajstić information content (AvgIpc) is 2.29. The van der Waals surface area contributed by atoms with Crippen LogP contribution in [0.1, 0.15) is 20.3 Å². The highest BCUT2D eigenvalue weighted by Gasteiger charge is 2.15. The van der Waals surface area contributed by atoms with Crippen LogP contribution in [0.3, 0.4) is 0 Å². The van der Waals surface area contributed by atoms with Gasteiger partial charge in [-0.1, -0.05) is 13.0 Å². The van der Waals surface area contributed by atoms with Crippen molar-refractivity contribution in [1.29, 1.82) is 0 Å². The van der Waals surface area contributed by atoms with Crippen molar-refractivity contribution in [1.82, 2.24) is 0 Å². The Hall–Kier alpha value is -1.08. The van der Waals surface area contributed by atoms with E-state index in [9.17, 15) is 16.8 Å². The second kappa shape index (κ2) is 5.71. The Morgan fingerprint density at radius 1 is 1.11 bits per heavy atom. The number of benzene rings is 1. The molecule has 7 heteroatoms. The molecule has 102 valence electrons. The van der Waals surface area contributed by atoms with Gasteiger partial charge in [0.15, 0.2) is 9.84 Å². The number of hydrogen-bond acceptors (Lipinski definition) is 5. The second-order valence-corrected chi connectivity index (χ2v) is 7.69. The largest absolute Gasteiger partial charge is 0.382 e. The summed E-state index contributed by atoms with van der Waals surface area (Å²) in [4.78, 5) is 0.0770. The monoisotopic (exact) mass is 292 g/mol. The highest BCUT2D eigenvalue weighted by molar-refractivity contribution is 7.91. The highest BCUT2D eigenvalue weighted by atomic mass is 32.2. The smallest absolute Gasteiger partial charge is 0.308 e. The summed E-state index contributed by atoms with van der Waals surface area (Å²) in [6, 6.07) is 5.54. The van der Waals surface area contributed by atoms with E-state index in [2.05, 4.69) is 0 Å². The van der Waals surface area contributed by atoms with Gasteiger partial charge in [0.25, 0.3) is 0 Å². The molecule has 1 rings (SSSR count). The highest BCUT2D eigenvalue weighted by Crippen LogP contribution is 2.20. The molecule has 0 amide bonds. The van der Waals surface area contributed by atoms with Crippen molar-refractivity contribution in [2.45, 2.75) is 25.2 Å². The standard InChI is InChI=1S/C11H16O5S2/c1-3-8-17(12,13)11-7-5-6-10(9-11)16-18(14,15)4-2/h5-7,9H,3-4,8H2,1-2H3. The van der Waals surface area contributed by atoms with E-state index in [1.807, 2.05) is 0 Å². The fourth-order valence-corrected chi connectivity index (χ4v) is 3.18. The first-order valence-electron chi connectivity index (χ1n) is 5.55. The lowest BCUT2D eigenvalue weighted by Gasteiger charge is -2.07. The van der Waals surface area contributed by atoms with Crippen LogP contribution >= 0.6 is 0 Å². The van der Waals surface area contributed by atoms with Crippen molar-refractivity contribution in [2.75, 3.05) is 11.5 Å². The van der Waals surface area contributed by atoms with Crippen molar-refractivity contribution in [2.24, 2.45) is 0 Å². The second-order valence-electron chi connectivity index (χ2n) is 3.72. The number of sulfone groups is 1. The Labute approximate surface area is 108 Å². The molecule has 0 fully saturated rings. The van der Waals surface area contributed by atoms with Crippen LogP contribution in [0.5, 0.6) is 5.75 Å². The molecule has 0 atom stereocenters. The van der Waals surface area contributed by atoms with Crippen LogP contribution in [-0.4, -0.2) is 28.3 Å². The maximum atomic E-state index is 11.8. The van der Waals surface area contributed by atoms with Gasteiger partial charge in [0, 0.05) is 6.07 Å². The van der Waals surface area contributed by atoms with Gasteiger partial charge in [-0.15, -0.1) is 0 Å². The maximum Gasteiger partial charge on any atom is 0.308 e. The van der Waals surface area contributed by atoms with Gasteiger partial charge in [0.2, 0.25) is 0 Å². The fraction of sp³-hybridized carbons (Fsp3) is 0.455. The minimum Gasteiger partial charge on any atom is -0.382 e. The van der Waals surface area contributed by atoms with Crippen LogP contribution in [0.15, 0.2) is 29.2 Å². The van der Waals surface area contributed by atoms with Crippen LogP contribution in [-0.2, 0) is 20.0 Å². The summed E-state index contributed by atoms with van der Waals surface area (Å²) in [5.41, 5.74) is 0. The van der Waals surface area contributed by atoms with E-state index in [4.69, 9.17) is 4.18 Å². The van der Waals surface area contributed by atoms with Crippen molar-refractivity contribution in [3.05, 3.63) is 24.3 Å². The lowest BCUT2D eigenvalue weighted by molar-refractivity contribution is 0.486. The third kappa shape index (κ3) is 3.99. The Bertz CT molecular complexity index is 602. The SMILES string of the molecule is CCCS(=O)(=O)c1cccc(OS(=O)(=O)CC)c1. The molecule has 0 heterocycles. The zero-order chi connectivity index (χ0) is 13.8. The lowest BCUT2D eigenvalue weighted by atomic mass is 10.3. The normalized spacial score (nSPS) is 12.3. The molecular weight excluding hydrogens is 276 g/mol. The molecule has 0 aliphatic heterocycles. The van der Waals surface area contributed by atoms with E-state index in [0.29, 0.717) is 6.42 Å². The molecule has 0 aliphatic carbocycles. The van der Waals surface area contributed by atoms with Gasteiger partial charge in [0.1, 0.15) is 5.75 Å². The molecule has 0 bridgehead atoms. The minimum atomic E-state index is -3.64.